The summed E-state index contributed by atoms with van der Waals surface area (Å²) in [4.78, 5) is 4.48. The molecule has 0 aliphatic carbocycles. The molecule has 102 valence electrons. The number of hydrogen-bond acceptors (Lipinski definition) is 4. The molecule has 19 heavy (non-hydrogen) atoms. The fraction of sp³-hybridized carbons (Fsp3) is 0.467. The summed E-state index contributed by atoms with van der Waals surface area (Å²) in [5, 5.41) is 4.05. The second-order valence-electron chi connectivity index (χ2n) is 5.38. The topological polar surface area (TPSA) is 64.9 Å². The van der Waals surface area contributed by atoms with Gasteiger partial charge < -0.3 is 10.3 Å². The van der Waals surface area contributed by atoms with E-state index < -0.39 is 0 Å². The van der Waals surface area contributed by atoms with Crippen molar-refractivity contribution in [3.8, 4) is 11.4 Å². The minimum Gasteiger partial charge on any atom is -0.339 e. The Morgan fingerprint density at radius 3 is 2.47 bits per heavy atom. The Balaban J connectivity index is 2.20. The Bertz CT molecular complexity index is 516. The van der Waals surface area contributed by atoms with Crippen LogP contribution in [0.2, 0.25) is 0 Å². The SMILES string of the molecule is Cc1ccc(-c2noc(C(CN)CC(C)C)n2)cc1. The highest BCUT2D eigenvalue weighted by Crippen LogP contribution is 2.24. The quantitative estimate of drug-likeness (QED) is 0.896. The van der Waals surface area contributed by atoms with Crippen LogP contribution < -0.4 is 5.73 Å². The first-order valence-corrected chi connectivity index (χ1v) is 6.71. The number of rotatable bonds is 5. The highest BCUT2D eigenvalue weighted by Gasteiger charge is 2.19. The van der Waals surface area contributed by atoms with Crippen LogP contribution in [0.4, 0.5) is 0 Å². The standard InChI is InChI=1S/C15H21N3O/c1-10(2)8-13(9-16)15-17-14(18-19-15)12-6-4-11(3)5-7-12/h4-7,10,13H,8-9,16H2,1-3H3. The van der Waals surface area contributed by atoms with Crippen molar-refractivity contribution >= 4 is 0 Å². The molecule has 0 radical (unpaired) electrons. The van der Waals surface area contributed by atoms with Crippen molar-refractivity contribution in [3.05, 3.63) is 35.7 Å². The van der Waals surface area contributed by atoms with Gasteiger partial charge >= 0.3 is 0 Å². The average Bonchev–Trinajstić information content (AvgIpc) is 2.86. The minimum atomic E-state index is 0.145. The number of nitrogens with two attached hydrogens (primary N) is 1. The maximum absolute atomic E-state index is 5.79. The van der Waals surface area contributed by atoms with Crippen molar-refractivity contribution in [2.45, 2.75) is 33.1 Å². The summed E-state index contributed by atoms with van der Waals surface area (Å²) in [6.07, 6.45) is 0.964. The molecule has 0 aliphatic heterocycles. The first kappa shape index (κ1) is 13.7. The Kier molecular flexibility index (Phi) is 4.32. The lowest BCUT2D eigenvalue weighted by Crippen LogP contribution is -2.15. The van der Waals surface area contributed by atoms with Gasteiger partial charge in [-0.2, -0.15) is 4.98 Å². The van der Waals surface area contributed by atoms with Gasteiger partial charge in [0.25, 0.3) is 0 Å². The van der Waals surface area contributed by atoms with E-state index in [1.807, 2.05) is 24.3 Å². The van der Waals surface area contributed by atoms with Crippen molar-refractivity contribution in [1.29, 1.82) is 0 Å². The van der Waals surface area contributed by atoms with Crippen LogP contribution in [0.1, 0.15) is 37.6 Å². The molecular weight excluding hydrogens is 238 g/mol. The lowest BCUT2D eigenvalue weighted by molar-refractivity contribution is 0.335. The Labute approximate surface area is 114 Å². The van der Waals surface area contributed by atoms with Gasteiger partial charge in [-0.3, -0.25) is 0 Å². The van der Waals surface area contributed by atoms with E-state index in [1.54, 1.807) is 0 Å². The van der Waals surface area contributed by atoms with E-state index in [2.05, 4.69) is 30.9 Å². The van der Waals surface area contributed by atoms with Crippen molar-refractivity contribution in [1.82, 2.24) is 10.1 Å². The summed E-state index contributed by atoms with van der Waals surface area (Å²) in [6.45, 7) is 6.92. The van der Waals surface area contributed by atoms with Crippen LogP contribution >= 0.6 is 0 Å². The fourth-order valence-electron chi connectivity index (χ4n) is 2.09. The number of nitrogens with zero attached hydrogens (tertiary/aromatic N) is 2. The third kappa shape index (κ3) is 3.41. The summed E-state index contributed by atoms with van der Waals surface area (Å²) in [6, 6.07) is 8.09. The van der Waals surface area contributed by atoms with E-state index in [0.717, 1.165) is 12.0 Å². The zero-order chi connectivity index (χ0) is 13.8. The molecule has 4 nitrogen and oxygen atoms in total. The molecule has 0 saturated heterocycles. The van der Waals surface area contributed by atoms with Crippen molar-refractivity contribution in [2.75, 3.05) is 6.54 Å². The molecule has 0 fully saturated rings. The first-order chi connectivity index (χ1) is 9.10. The normalized spacial score (nSPS) is 12.9. The molecule has 0 aliphatic rings. The molecule has 1 unspecified atom stereocenters. The predicted molar refractivity (Wildman–Crippen MR) is 75.7 cm³/mol. The van der Waals surface area contributed by atoms with Gasteiger partial charge in [0.15, 0.2) is 0 Å². The second kappa shape index (κ2) is 5.97. The Morgan fingerprint density at radius 1 is 1.21 bits per heavy atom. The van der Waals surface area contributed by atoms with Crippen LogP contribution in [0.5, 0.6) is 0 Å². The Morgan fingerprint density at radius 2 is 1.89 bits per heavy atom. The first-order valence-electron chi connectivity index (χ1n) is 6.71. The molecule has 0 spiro atoms. The fourth-order valence-corrected chi connectivity index (χ4v) is 2.09. The monoisotopic (exact) mass is 259 g/mol. The van der Waals surface area contributed by atoms with Crippen LogP contribution in [-0.4, -0.2) is 16.7 Å². The molecule has 1 atom stereocenters. The maximum Gasteiger partial charge on any atom is 0.231 e. The largest absolute Gasteiger partial charge is 0.339 e. The number of benzene rings is 1. The van der Waals surface area contributed by atoms with Gasteiger partial charge in [0, 0.05) is 12.1 Å². The highest BCUT2D eigenvalue weighted by atomic mass is 16.5. The molecule has 1 heterocycles. The summed E-state index contributed by atoms with van der Waals surface area (Å²) < 4.78 is 5.36. The molecular formula is C15H21N3O. The van der Waals surface area contributed by atoms with Crippen LogP contribution in [0.25, 0.3) is 11.4 Å². The molecule has 0 saturated carbocycles. The van der Waals surface area contributed by atoms with E-state index in [1.165, 1.54) is 5.56 Å². The Hall–Kier alpha value is -1.68. The van der Waals surface area contributed by atoms with Gasteiger partial charge in [-0.05, 0) is 19.3 Å². The lowest BCUT2D eigenvalue weighted by Gasteiger charge is -2.11. The van der Waals surface area contributed by atoms with Gasteiger partial charge in [0.1, 0.15) is 0 Å². The van der Waals surface area contributed by atoms with Crippen LogP contribution in [0, 0.1) is 12.8 Å². The molecule has 1 aromatic carbocycles. The molecule has 1 aromatic heterocycles. The zero-order valence-electron chi connectivity index (χ0n) is 11.8. The predicted octanol–water partition coefficient (Wildman–Crippen LogP) is 3.13. The van der Waals surface area contributed by atoms with Gasteiger partial charge in [0.2, 0.25) is 11.7 Å². The molecule has 2 N–H and O–H groups in total. The molecule has 0 bridgehead atoms. The van der Waals surface area contributed by atoms with Crippen LogP contribution in [-0.2, 0) is 0 Å². The van der Waals surface area contributed by atoms with Crippen LogP contribution in [0.3, 0.4) is 0 Å². The molecule has 4 heteroatoms. The number of aryl methyl sites for hydroxylation is 1. The van der Waals surface area contributed by atoms with E-state index in [4.69, 9.17) is 10.3 Å². The minimum absolute atomic E-state index is 0.145. The highest BCUT2D eigenvalue weighted by molar-refractivity contribution is 5.54. The third-order valence-electron chi connectivity index (χ3n) is 3.14. The van der Waals surface area contributed by atoms with E-state index in [0.29, 0.717) is 24.2 Å². The molecule has 0 amide bonds. The summed E-state index contributed by atoms with van der Waals surface area (Å²) in [5.74, 6) is 1.99. The van der Waals surface area contributed by atoms with Crippen molar-refractivity contribution < 1.29 is 4.52 Å². The summed E-state index contributed by atoms with van der Waals surface area (Å²) in [5.41, 5.74) is 7.98. The van der Waals surface area contributed by atoms with Gasteiger partial charge in [-0.15, -0.1) is 0 Å². The summed E-state index contributed by atoms with van der Waals surface area (Å²) in [7, 11) is 0. The smallest absolute Gasteiger partial charge is 0.231 e. The number of aromatic nitrogens is 2. The lowest BCUT2D eigenvalue weighted by atomic mass is 9.97. The molecule has 2 rings (SSSR count). The van der Waals surface area contributed by atoms with E-state index >= 15 is 0 Å². The molecule has 2 aromatic rings. The van der Waals surface area contributed by atoms with Gasteiger partial charge in [0.05, 0.1) is 5.92 Å². The zero-order valence-corrected chi connectivity index (χ0v) is 11.8. The van der Waals surface area contributed by atoms with Gasteiger partial charge in [-0.25, -0.2) is 0 Å². The van der Waals surface area contributed by atoms with E-state index in [-0.39, 0.29) is 5.92 Å². The number of hydrogen-bond donors (Lipinski definition) is 1. The van der Waals surface area contributed by atoms with Gasteiger partial charge in [-0.1, -0.05) is 48.8 Å². The average molecular weight is 259 g/mol. The summed E-state index contributed by atoms with van der Waals surface area (Å²) >= 11 is 0. The maximum atomic E-state index is 5.79. The van der Waals surface area contributed by atoms with Crippen molar-refractivity contribution in [2.24, 2.45) is 11.7 Å². The van der Waals surface area contributed by atoms with Crippen LogP contribution in [0.15, 0.2) is 28.8 Å². The second-order valence-corrected chi connectivity index (χ2v) is 5.38. The van der Waals surface area contributed by atoms with Crippen molar-refractivity contribution in [3.63, 3.8) is 0 Å². The third-order valence-corrected chi connectivity index (χ3v) is 3.14. The van der Waals surface area contributed by atoms with E-state index in [9.17, 15) is 0 Å².